The van der Waals surface area contributed by atoms with Gasteiger partial charge in [-0.2, -0.15) is 0 Å². The summed E-state index contributed by atoms with van der Waals surface area (Å²) in [6.07, 6.45) is 0.784. The van der Waals surface area contributed by atoms with Crippen molar-refractivity contribution in [2.45, 2.75) is 6.92 Å². The number of carbonyl (C=O) groups excluding carboxylic acids is 1. The second kappa shape index (κ2) is 3.85. The minimum Gasteiger partial charge on any atom is -0.388 e. The van der Waals surface area contributed by atoms with Gasteiger partial charge in [0.25, 0.3) is 0 Å². The molecule has 0 fully saturated rings. The van der Waals surface area contributed by atoms with Crippen molar-refractivity contribution in [3.05, 3.63) is 29.3 Å². The van der Waals surface area contributed by atoms with E-state index in [1.807, 2.05) is 0 Å². The summed E-state index contributed by atoms with van der Waals surface area (Å²) in [4.78, 5) is 10.5. The number of rotatable bonds is 3. The summed E-state index contributed by atoms with van der Waals surface area (Å²) < 4.78 is 0. The molecule has 0 aliphatic carbocycles. The Kier molecular flexibility index (Phi) is 2.80. The Balaban J connectivity index is 3.25. The van der Waals surface area contributed by atoms with Crippen LogP contribution in [-0.4, -0.2) is 19.0 Å². The summed E-state index contributed by atoms with van der Waals surface area (Å²) in [7, 11) is 1.79. The molecule has 0 amide bonds. The molecule has 68 valence electrons. The zero-order chi connectivity index (χ0) is 9.84. The highest BCUT2D eigenvalue weighted by atomic mass is 16.1. The fraction of sp³-hybridized carbons (Fsp3) is 0.200. The fourth-order valence-electron chi connectivity index (χ4n) is 1.16. The molecule has 1 aromatic carbocycles. The lowest BCUT2D eigenvalue weighted by molar-refractivity contribution is 0.112. The molecule has 0 radical (unpaired) electrons. The molecule has 0 spiro atoms. The number of carbonyl (C=O) groups is 1. The summed E-state index contributed by atoms with van der Waals surface area (Å²) in [5, 5.41) is 10.5. The zero-order valence-corrected chi connectivity index (χ0v) is 7.72. The predicted molar refractivity (Wildman–Crippen MR) is 53.9 cm³/mol. The maximum Gasteiger partial charge on any atom is 0.150 e. The van der Waals surface area contributed by atoms with E-state index < -0.39 is 0 Å². The number of nitrogens with one attached hydrogen (secondary N) is 2. The lowest BCUT2D eigenvalue weighted by Crippen LogP contribution is -2.01. The molecular formula is C10H12N2O. The Labute approximate surface area is 77.3 Å². The van der Waals surface area contributed by atoms with Crippen LogP contribution in [0.5, 0.6) is 0 Å². The first-order valence-corrected chi connectivity index (χ1v) is 4.01. The molecule has 1 rings (SSSR count). The standard InChI is InChI=1S/C10H12N2O/c1-7(11)9-5-8(6-13)3-4-10(9)12-2/h3-6,11-12H,1-2H3. The third-order valence-electron chi connectivity index (χ3n) is 1.85. The Bertz CT molecular complexity index is 345. The van der Waals surface area contributed by atoms with E-state index in [4.69, 9.17) is 5.41 Å². The van der Waals surface area contributed by atoms with E-state index in [0.29, 0.717) is 11.3 Å². The highest BCUT2D eigenvalue weighted by Gasteiger charge is 2.03. The monoisotopic (exact) mass is 176 g/mol. The van der Waals surface area contributed by atoms with E-state index >= 15 is 0 Å². The van der Waals surface area contributed by atoms with Crippen LogP contribution < -0.4 is 5.32 Å². The van der Waals surface area contributed by atoms with Gasteiger partial charge in [-0.3, -0.25) is 4.79 Å². The molecule has 0 unspecified atom stereocenters. The quantitative estimate of drug-likeness (QED) is 0.546. The average molecular weight is 176 g/mol. The van der Waals surface area contributed by atoms with Gasteiger partial charge in [0.1, 0.15) is 6.29 Å². The van der Waals surface area contributed by atoms with E-state index in [9.17, 15) is 4.79 Å². The van der Waals surface area contributed by atoms with Crippen molar-refractivity contribution in [3.8, 4) is 0 Å². The summed E-state index contributed by atoms with van der Waals surface area (Å²) >= 11 is 0. The van der Waals surface area contributed by atoms with Crippen molar-refractivity contribution < 1.29 is 4.79 Å². The summed E-state index contributed by atoms with van der Waals surface area (Å²) in [5.74, 6) is 0. The van der Waals surface area contributed by atoms with Crippen molar-refractivity contribution in [3.63, 3.8) is 0 Å². The maximum absolute atomic E-state index is 10.5. The molecule has 1 aromatic rings. The van der Waals surface area contributed by atoms with Crippen LogP contribution >= 0.6 is 0 Å². The van der Waals surface area contributed by atoms with E-state index in [1.54, 1.807) is 32.2 Å². The summed E-state index contributed by atoms with van der Waals surface area (Å²) in [6, 6.07) is 5.24. The molecule has 3 nitrogen and oxygen atoms in total. The zero-order valence-electron chi connectivity index (χ0n) is 7.72. The van der Waals surface area contributed by atoms with E-state index in [0.717, 1.165) is 17.5 Å². The van der Waals surface area contributed by atoms with Gasteiger partial charge in [0.05, 0.1) is 0 Å². The molecule has 13 heavy (non-hydrogen) atoms. The van der Waals surface area contributed by atoms with E-state index in [2.05, 4.69) is 5.32 Å². The molecule has 0 bridgehead atoms. The fourth-order valence-corrected chi connectivity index (χ4v) is 1.16. The van der Waals surface area contributed by atoms with Gasteiger partial charge in [0, 0.05) is 29.6 Å². The molecule has 0 aromatic heterocycles. The minimum atomic E-state index is 0.452. The highest BCUT2D eigenvalue weighted by molar-refractivity contribution is 6.02. The Morgan fingerprint density at radius 1 is 1.54 bits per heavy atom. The molecule has 0 saturated heterocycles. The van der Waals surface area contributed by atoms with Gasteiger partial charge in [-0.15, -0.1) is 0 Å². The van der Waals surface area contributed by atoms with Crippen molar-refractivity contribution in [1.29, 1.82) is 5.41 Å². The topological polar surface area (TPSA) is 53.0 Å². The van der Waals surface area contributed by atoms with Crippen LogP contribution in [0.4, 0.5) is 5.69 Å². The van der Waals surface area contributed by atoms with Gasteiger partial charge in [-0.25, -0.2) is 0 Å². The Morgan fingerprint density at radius 2 is 2.23 bits per heavy atom. The number of anilines is 1. The normalized spacial score (nSPS) is 9.38. The SMILES string of the molecule is CNc1ccc(C=O)cc1C(C)=N. The first-order chi connectivity index (χ1) is 6.19. The smallest absolute Gasteiger partial charge is 0.150 e. The molecule has 0 atom stereocenters. The number of hydrogen-bond acceptors (Lipinski definition) is 3. The third kappa shape index (κ3) is 1.93. The molecule has 2 N–H and O–H groups in total. The Morgan fingerprint density at radius 3 is 2.69 bits per heavy atom. The molecule has 0 aliphatic rings. The number of benzene rings is 1. The third-order valence-corrected chi connectivity index (χ3v) is 1.85. The predicted octanol–water partition coefficient (Wildman–Crippen LogP) is 1.93. The minimum absolute atomic E-state index is 0.452. The van der Waals surface area contributed by atoms with E-state index in [1.165, 1.54) is 0 Å². The van der Waals surface area contributed by atoms with E-state index in [-0.39, 0.29) is 0 Å². The van der Waals surface area contributed by atoms with Crippen LogP contribution in [0, 0.1) is 5.41 Å². The van der Waals surface area contributed by atoms with Gasteiger partial charge in [0.2, 0.25) is 0 Å². The molecular weight excluding hydrogens is 164 g/mol. The van der Waals surface area contributed by atoms with Gasteiger partial charge >= 0.3 is 0 Å². The average Bonchev–Trinajstić information content (AvgIpc) is 2.16. The van der Waals surface area contributed by atoms with Gasteiger partial charge in [0.15, 0.2) is 0 Å². The summed E-state index contributed by atoms with van der Waals surface area (Å²) in [5.41, 5.74) is 2.69. The van der Waals surface area contributed by atoms with Crippen LogP contribution in [0.25, 0.3) is 0 Å². The first-order valence-electron chi connectivity index (χ1n) is 4.01. The van der Waals surface area contributed by atoms with Crippen molar-refractivity contribution in [2.24, 2.45) is 0 Å². The van der Waals surface area contributed by atoms with Crippen LogP contribution in [0.15, 0.2) is 18.2 Å². The molecule has 3 heteroatoms. The van der Waals surface area contributed by atoms with Crippen molar-refractivity contribution >= 4 is 17.7 Å². The summed E-state index contributed by atoms with van der Waals surface area (Å²) in [6.45, 7) is 1.70. The molecule has 0 heterocycles. The van der Waals surface area contributed by atoms with Gasteiger partial charge < -0.3 is 10.7 Å². The van der Waals surface area contributed by atoms with Crippen LogP contribution in [-0.2, 0) is 0 Å². The largest absolute Gasteiger partial charge is 0.388 e. The van der Waals surface area contributed by atoms with Crippen molar-refractivity contribution in [1.82, 2.24) is 0 Å². The second-order valence-corrected chi connectivity index (χ2v) is 2.80. The lowest BCUT2D eigenvalue weighted by atomic mass is 10.1. The number of aldehydes is 1. The van der Waals surface area contributed by atoms with Crippen LogP contribution in [0.3, 0.4) is 0 Å². The highest BCUT2D eigenvalue weighted by Crippen LogP contribution is 2.16. The van der Waals surface area contributed by atoms with Crippen LogP contribution in [0.1, 0.15) is 22.8 Å². The van der Waals surface area contributed by atoms with Crippen LogP contribution in [0.2, 0.25) is 0 Å². The Hall–Kier alpha value is -1.64. The molecule has 0 saturated carbocycles. The lowest BCUT2D eigenvalue weighted by Gasteiger charge is -2.07. The first kappa shape index (κ1) is 9.45. The van der Waals surface area contributed by atoms with Gasteiger partial charge in [-0.1, -0.05) is 0 Å². The second-order valence-electron chi connectivity index (χ2n) is 2.80. The molecule has 0 aliphatic heterocycles. The van der Waals surface area contributed by atoms with Gasteiger partial charge in [-0.05, 0) is 25.1 Å². The van der Waals surface area contributed by atoms with Crippen molar-refractivity contribution in [2.75, 3.05) is 12.4 Å². The maximum atomic E-state index is 10.5. The number of hydrogen-bond donors (Lipinski definition) is 2.